The van der Waals surface area contributed by atoms with E-state index >= 15 is 0 Å². The minimum Gasteiger partial charge on any atom is -0.394 e. The van der Waals surface area contributed by atoms with Crippen LogP contribution in [0.4, 0.5) is 0 Å². The molecule has 1 amide bonds. The number of rotatable bonds is 41. The Bertz CT molecular complexity index is 699. The van der Waals surface area contributed by atoms with Crippen LogP contribution in [0, 0.1) is 0 Å². The van der Waals surface area contributed by atoms with E-state index in [4.69, 9.17) is 0 Å². The summed E-state index contributed by atoms with van der Waals surface area (Å²) < 4.78 is 0. The third-order valence-corrected chi connectivity index (χ3v) is 10.6. The minimum absolute atomic E-state index is 0.150. The van der Waals surface area contributed by atoms with E-state index in [2.05, 4.69) is 31.3 Å². The lowest BCUT2D eigenvalue weighted by Crippen LogP contribution is -2.50. The van der Waals surface area contributed by atoms with Crippen molar-refractivity contribution in [3.05, 3.63) is 12.2 Å². The molecule has 3 unspecified atom stereocenters. The number of unbranched alkanes of at least 4 members (excludes halogenated alkanes) is 31. The standard InChI is InChI=1S/C45H89NO4/c1-3-5-7-9-11-13-15-17-19-21-23-25-27-29-31-33-35-37-39-43(48)45(50)42(41-47)46-44(49)40-38-36-34-32-30-28-26-24-22-20-18-16-14-12-10-8-6-4-2/h24,26,42-43,45,47-48,50H,3-23,25,27-41H2,1-2H3,(H,46,49)/b26-24-. The second-order valence-corrected chi connectivity index (χ2v) is 15.6. The molecule has 3 atom stereocenters. The van der Waals surface area contributed by atoms with Crippen LogP contribution < -0.4 is 5.32 Å². The first kappa shape index (κ1) is 49.1. The molecule has 0 heterocycles. The Labute approximate surface area is 312 Å². The first-order valence-corrected chi connectivity index (χ1v) is 22.5. The van der Waals surface area contributed by atoms with Gasteiger partial charge in [0.05, 0.1) is 18.8 Å². The summed E-state index contributed by atoms with van der Waals surface area (Å²) in [5.74, 6) is -0.150. The molecule has 0 aliphatic rings. The van der Waals surface area contributed by atoms with E-state index in [0.29, 0.717) is 12.8 Å². The number of carbonyl (C=O) groups is 1. The molecule has 0 saturated heterocycles. The number of nitrogens with one attached hydrogen (secondary N) is 1. The fourth-order valence-corrected chi connectivity index (χ4v) is 7.10. The first-order valence-electron chi connectivity index (χ1n) is 22.5. The molecule has 5 heteroatoms. The SMILES string of the molecule is CCCCCCCCCCC/C=C\CCCCCCCC(=O)NC(CO)C(O)C(O)CCCCCCCCCCCCCCCCCCCC. The van der Waals surface area contributed by atoms with Crippen LogP contribution in [0.2, 0.25) is 0 Å². The molecule has 0 bridgehead atoms. The third kappa shape index (κ3) is 35.5. The van der Waals surface area contributed by atoms with Crippen LogP contribution in [-0.2, 0) is 4.79 Å². The van der Waals surface area contributed by atoms with Gasteiger partial charge in [-0.05, 0) is 38.5 Å². The van der Waals surface area contributed by atoms with Crippen LogP contribution in [-0.4, -0.2) is 46.1 Å². The summed E-state index contributed by atoms with van der Waals surface area (Å²) in [6.45, 7) is 4.19. The van der Waals surface area contributed by atoms with E-state index < -0.39 is 18.2 Å². The maximum Gasteiger partial charge on any atom is 0.220 e. The zero-order valence-corrected chi connectivity index (χ0v) is 33.8. The quantitative estimate of drug-likeness (QED) is 0.0376. The van der Waals surface area contributed by atoms with Crippen LogP contribution in [0.25, 0.3) is 0 Å². The molecule has 0 fully saturated rings. The molecule has 0 radical (unpaired) electrons. The average molecular weight is 708 g/mol. The first-order chi connectivity index (χ1) is 24.6. The number of carbonyl (C=O) groups excluding carboxylic acids is 1. The van der Waals surface area contributed by atoms with Gasteiger partial charge in [-0.15, -0.1) is 0 Å². The van der Waals surface area contributed by atoms with E-state index in [1.807, 2.05) is 0 Å². The Balaban J connectivity index is 3.62. The lowest BCUT2D eigenvalue weighted by atomic mass is 9.99. The molecule has 4 N–H and O–H groups in total. The topological polar surface area (TPSA) is 89.8 Å². The van der Waals surface area contributed by atoms with Crippen molar-refractivity contribution in [2.45, 2.75) is 263 Å². The van der Waals surface area contributed by atoms with Crippen molar-refractivity contribution in [2.75, 3.05) is 6.61 Å². The van der Waals surface area contributed by atoms with Crippen LogP contribution in [0.5, 0.6) is 0 Å². The van der Waals surface area contributed by atoms with Crippen molar-refractivity contribution < 1.29 is 20.1 Å². The van der Waals surface area contributed by atoms with E-state index in [9.17, 15) is 20.1 Å². The van der Waals surface area contributed by atoms with E-state index in [1.165, 1.54) is 173 Å². The van der Waals surface area contributed by atoms with Crippen LogP contribution in [0.3, 0.4) is 0 Å². The highest BCUT2D eigenvalue weighted by Gasteiger charge is 2.26. The molecule has 0 aromatic heterocycles. The summed E-state index contributed by atoms with van der Waals surface area (Å²) in [4.78, 5) is 12.4. The van der Waals surface area contributed by atoms with Gasteiger partial charge in [-0.3, -0.25) is 4.79 Å². The number of aliphatic hydroxyl groups is 3. The number of hydrogen-bond acceptors (Lipinski definition) is 4. The highest BCUT2D eigenvalue weighted by molar-refractivity contribution is 5.76. The summed E-state index contributed by atoms with van der Waals surface area (Å²) >= 11 is 0. The molecular formula is C45H89NO4. The van der Waals surface area contributed by atoms with E-state index in [0.717, 1.165) is 44.9 Å². The second-order valence-electron chi connectivity index (χ2n) is 15.6. The predicted molar refractivity (Wildman–Crippen MR) is 218 cm³/mol. The molecule has 0 aliphatic heterocycles. The zero-order chi connectivity index (χ0) is 36.6. The van der Waals surface area contributed by atoms with E-state index in [-0.39, 0.29) is 12.5 Å². The summed E-state index contributed by atoms with van der Waals surface area (Å²) in [6.07, 6.45) is 47.4. The van der Waals surface area contributed by atoms with Crippen molar-refractivity contribution >= 4 is 5.91 Å². The molecular weight excluding hydrogens is 618 g/mol. The van der Waals surface area contributed by atoms with Gasteiger partial charge in [0.1, 0.15) is 6.10 Å². The lowest BCUT2D eigenvalue weighted by molar-refractivity contribution is -0.124. The van der Waals surface area contributed by atoms with Crippen molar-refractivity contribution in [1.82, 2.24) is 5.32 Å². The van der Waals surface area contributed by atoms with Crippen LogP contribution in [0.15, 0.2) is 12.2 Å². The Morgan fingerprint density at radius 2 is 0.800 bits per heavy atom. The fourth-order valence-electron chi connectivity index (χ4n) is 7.10. The number of allylic oxidation sites excluding steroid dienone is 2. The molecule has 298 valence electrons. The smallest absolute Gasteiger partial charge is 0.220 e. The monoisotopic (exact) mass is 708 g/mol. The van der Waals surface area contributed by atoms with Crippen molar-refractivity contribution in [1.29, 1.82) is 0 Å². The molecule has 50 heavy (non-hydrogen) atoms. The van der Waals surface area contributed by atoms with Gasteiger partial charge in [-0.2, -0.15) is 0 Å². The highest BCUT2D eigenvalue weighted by atomic mass is 16.3. The normalized spacial score (nSPS) is 13.6. The lowest BCUT2D eigenvalue weighted by Gasteiger charge is -2.26. The highest BCUT2D eigenvalue weighted by Crippen LogP contribution is 2.17. The molecule has 0 aromatic carbocycles. The predicted octanol–water partition coefficient (Wildman–Crippen LogP) is 12.8. The number of amides is 1. The molecule has 0 saturated carbocycles. The third-order valence-electron chi connectivity index (χ3n) is 10.6. The van der Waals surface area contributed by atoms with Crippen LogP contribution in [0.1, 0.15) is 245 Å². The molecule has 0 rings (SSSR count). The minimum atomic E-state index is -1.14. The largest absolute Gasteiger partial charge is 0.394 e. The van der Waals surface area contributed by atoms with E-state index in [1.54, 1.807) is 0 Å². The maximum atomic E-state index is 12.4. The van der Waals surface area contributed by atoms with Gasteiger partial charge >= 0.3 is 0 Å². The maximum absolute atomic E-state index is 12.4. The van der Waals surface area contributed by atoms with Gasteiger partial charge in [0.2, 0.25) is 5.91 Å². The Morgan fingerprint density at radius 3 is 1.16 bits per heavy atom. The Hall–Kier alpha value is -0.910. The summed E-state index contributed by atoms with van der Waals surface area (Å²) in [7, 11) is 0. The molecule has 0 spiro atoms. The fraction of sp³-hybridized carbons (Fsp3) is 0.933. The average Bonchev–Trinajstić information content (AvgIpc) is 3.12. The van der Waals surface area contributed by atoms with Gasteiger partial charge in [0, 0.05) is 6.42 Å². The summed E-state index contributed by atoms with van der Waals surface area (Å²) in [5.41, 5.74) is 0. The van der Waals surface area contributed by atoms with Crippen molar-refractivity contribution in [3.8, 4) is 0 Å². The molecule has 0 aromatic rings. The van der Waals surface area contributed by atoms with Gasteiger partial charge in [-0.25, -0.2) is 0 Å². The van der Waals surface area contributed by atoms with Crippen LogP contribution >= 0.6 is 0 Å². The molecule has 0 aliphatic carbocycles. The molecule has 5 nitrogen and oxygen atoms in total. The zero-order valence-electron chi connectivity index (χ0n) is 33.8. The number of aliphatic hydroxyl groups excluding tert-OH is 3. The number of hydrogen-bond donors (Lipinski definition) is 4. The Kier molecular flexibility index (Phi) is 40.1. The van der Waals surface area contributed by atoms with Gasteiger partial charge < -0.3 is 20.6 Å². The Morgan fingerprint density at radius 1 is 0.480 bits per heavy atom. The van der Waals surface area contributed by atoms with Crippen molar-refractivity contribution in [2.24, 2.45) is 0 Å². The van der Waals surface area contributed by atoms with Gasteiger partial charge in [-0.1, -0.05) is 212 Å². The van der Waals surface area contributed by atoms with Crippen molar-refractivity contribution in [3.63, 3.8) is 0 Å². The summed E-state index contributed by atoms with van der Waals surface area (Å²) in [6, 6.07) is -0.810. The van der Waals surface area contributed by atoms with Gasteiger partial charge in [0.25, 0.3) is 0 Å². The van der Waals surface area contributed by atoms with Gasteiger partial charge in [0.15, 0.2) is 0 Å². The second kappa shape index (κ2) is 40.9. The summed E-state index contributed by atoms with van der Waals surface area (Å²) in [5, 5.41) is 33.6.